The molecule has 0 saturated heterocycles. The first-order valence-corrected chi connectivity index (χ1v) is 3.84. The molecule has 1 heterocycles. The molecule has 1 aromatic rings. The van der Waals surface area contributed by atoms with Gasteiger partial charge in [-0.3, -0.25) is 9.78 Å². The Morgan fingerprint density at radius 3 is 2.85 bits per heavy atom. The minimum atomic E-state index is -1.90. The Hall–Kier alpha value is -1.45. The molecule has 0 fully saturated rings. The van der Waals surface area contributed by atoms with E-state index < -0.39 is 18.1 Å². The number of carbonyl (C=O) groups is 1. The van der Waals surface area contributed by atoms with Crippen molar-refractivity contribution < 1.29 is 14.3 Å². The summed E-state index contributed by atoms with van der Waals surface area (Å²) in [6.45, 7) is 1.21. The topological polar surface area (TPSA) is 50.2 Å². The number of hydrogen-bond donors (Lipinski definition) is 1. The highest BCUT2D eigenvalue weighted by Gasteiger charge is 2.30. The van der Waals surface area contributed by atoms with E-state index in [0.29, 0.717) is 0 Å². The molecule has 0 aliphatic rings. The maximum atomic E-state index is 13.6. The highest BCUT2D eigenvalue weighted by atomic mass is 19.1. The maximum Gasteiger partial charge on any atom is 0.307 e. The molecule has 0 aliphatic heterocycles. The molecule has 3 nitrogen and oxygen atoms in total. The number of nitrogens with zero attached hydrogens (tertiary/aromatic N) is 1. The fourth-order valence-corrected chi connectivity index (χ4v) is 1.05. The van der Waals surface area contributed by atoms with Crippen molar-refractivity contribution in [2.75, 3.05) is 0 Å². The van der Waals surface area contributed by atoms with Crippen LogP contribution in [0, 0.1) is 0 Å². The van der Waals surface area contributed by atoms with Crippen molar-refractivity contribution in [3.8, 4) is 0 Å². The SMILES string of the molecule is CC(F)(CC(=O)O)c1ccccn1. The second kappa shape index (κ2) is 3.51. The zero-order valence-corrected chi connectivity index (χ0v) is 7.20. The van der Waals surface area contributed by atoms with E-state index in [1.807, 2.05) is 0 Å². The molecule has 1 atom stereocenters. The summed E-state index contributed by atoms with van der Waals surface area (Å²) in [5.74, 6) is -1.17. The zero-order valence-electron chi connectivity index (χ0n) is 7.20. The van der Waals surface area contributed by atoms with Gasteiger partial charge < -0.3 is 5.11 Å². The van der Waals surface area contributed by atoms with Crippen LogP contribution in [0.3, 0.4) is 0 Å². The molecule has 0 spiro atoms. The molecule has 0 aromatic carbocycles. The molecule has 70 valence electrons. The number of halogens is 1. The lowest BCUT2D eigenvalue weighted by Crippen LogP contribution is -2.21. The van der Waals surface area contributed by atoms with Crippen LogP contribution in [0.25, 0.3) is 0 Å². The minimum absolute atomic E-state index is 0.150. The molecule has 1 unspecified atom stereocenters. The average molecular weight is 183 g/mol. The Morgan fingerprint density at radius 1 is 1.69 bits per heavy atom. The quantitative estimate of drug-likeness (QED) is 0.776. The van der Waals surface area contributed by atoms with Gasteiger partial charge in [-0.05, 0) is 19.1 Å². The van der Waals surface area contributed by atoms with Gasteiger partial charge in [-0.1, -0.05) is 6.07 Å². The zero-order chi connectivity index (χ0) is 9.90. The van der Waals surface area contributed by atoms with E-state index in [0.717, 1.165) is 0 Å². The van der Waals surface area contributed by atoms with Crippen LogP contribution in [0.2, 0.25) is 0 Å². The van der Waals surface area contributed by atoms with Gasteiger partial charge in [0.2, 0.25) is 0 Å². The Kier molecular flexibility index (Phi) is 2.60. The summed E-state index contributed by atoms with van der Waals surface area (Å²) in [5.41, 5.74) is -1.75. The molecule has 0 radical (unpaired) electrons. The van der Waals surface area contributed by atoms with Crippen LogP contribution in [-0.2, 0) is 10.5 Å². The van der Waals surface area contributed by atoms with Gasteiger partial charge in [0.25, 0.3) is 0 Å². The van der Waals surface area contributed by atoms with Gasteiger partial charge in [-0.15, -0.1) is 0 Å². The highest BCUT2D eigenvalue weighted by Crippen LogP contribution is 2.26. The number of aromatic nitrogens is 1. The lowest BCUT2D eigenvalue weighted by Gasteiger charge is -2.16. The van der Waals surface area contributed by atoms with Gasteiger partial charge in [0.05, 0.1) is 12.1 Å². The summed E-state index contributed by atoms with van der Waals surface area (Å²) in [4.78, 5) is 14.1. The van der Waals surface area contributed by atoms with Gasteiger partial charge in [0.15, 0.2) is 5.67 Å². The van der Waals surface area contributed by atoms with Gasteiger partial charge >= 0.3 is 5.97 Å². The lowest BCUT2D eigenvalue weighted by molar-refractivity contribution is -0.140. The maximum absolute atomic E-state index is 13.6. The fraction of sp³-hybridized carbons (Fsp3) is 0.333. The standard InChI is InChI=1S/C9H10FNO2/c1-9(10,6-8(12)13)7-4-2-3-5-11-7/h2-5H,6H2,1H3,(H,12,13). The van der Waals surface area contributed by atoms with Crippen molar-refractivity contribution in [3.63, 3.8) is 0 Å². The van der Waals surface area contributed by atoms with Gasteiger partial charge in [-0.2, -0.15) is 0 Å². The monoisotopic (exact) mass is 183 g/mol. The molecular weight excluding hydrogens is 173 g/mol. The van der Waals surface area contributed by atoms with E-state index in [1.54, 1.807) is 12.1 Å². The van der Waals surface area contributed by atoms with Crippen molar-refractivity contribution in [2.45, 2.75) is 19.0 Å². The smallest absolute Gasteiger partial charge is 0.307 e. The minimum Gasteiger partial charge on any atom is -0.481 e. The van der Waals surface area contributed by atoms with Crippen molar-refractivity contribution in [3.05, 3.63) is 30.1 Å². The molecule has 1 rings (SSSR count). The Balaban J connectivity index is 2.87. The van der Waals surface area contributed by atoms with Crippen LogP contribution in [0.15, 0.2) is 24.4 Å². The van der Waals surface area contributed by atoms with E-state index in [4.69, 9.17) is 5.11 Å². The molecular formula is C9H10FNO2. The van der Waals surface area contributed by atoms with Crippen molar-refractivity contribution >= 4 is 5.97 Å². The first kappa shape index (κ1) is 9.64. The second-order valence-electron chi connectivity index (χ2n) is 2.98. The number of pyridine rings is 1. The largest absolute Gasteiger partial charge is 0.481 e. The average Bonchev–Trinajstić information content (AvgIpc) is 2.04. The second-order valence-corrected chi connectivity index (χ2v) is 2.98. The fourth-order valence-electron chi connectivity index (χ4n) is 1.05. The molecule has 0 aliphatic carbocycles. The van der Waals surface area contributed by atoms with Gasteiger partial charge in [0.1, 0.15) is 0 Å². The summed E-state index contributed by atoms with van der Waals surface area (Å²) in [6, 6.07) is 4.76. The van der Waals surface area contributed by atoms with Crippen LogP contribution in [0.1, 0.15) is 19.0 Å². The van der Waals surface area contributed by atoms with Crippen LogP contribution >= 0.6 is 0 Å². The molecule has 4 heteroatoms. The van der Waals surface area contributed by atoms with E-state index in [-0.39, 0.29) is 5.69 Å². The summed E-state index contributed by atoms with van der Waals surface area (Å²) in [6.07, 6.45) is 0.874. The van der Waals surface area contributed by atoms with Crippen LogP contribution in [0.5, 0.6) is 0 Å². The van der Waals surface area contributed by atoms with E-state index in [1.165, 1.54) is 19.2 Å². The number of carboxylic acid groups (broad SMARTS) is 1. The van der Waals surface area contributed by atoms with Gasteiger partial charge in [0, 0.05) is 6.20 Å². The highest BCUT2D eigenvalue weighted by molar-refractivity contribution is 5.68. The number of hydrogen-bond acceptors (Lipinski definition) is 2. The van der Waals surface area contributed by atoms with Crippen LogP contribution in [-0.4, -0.2) is 16.1 Å². The lowest BCUT2D eigenvalue weighted by atomic mass is 10.00. The van der Waals surface area contributed by atoms with E-state index in [2.05, 4.69) is 4.98 Å². The normalized spacial score (nSPS) is 14.9. The summed E-state index contributed by atoms with van der Waals surface area (Å²) >= 11 is 0. The first-order valence-electron chi connectivity index (χ1n) is 3.84. The van der Waals surface area contributed by atoms with Crippen molar-refractivity contribution in [1.82, 2.24) is 4.98 Å². The van der Waals surface area contributed by atoms with Gasteiger partial charge in [-0.25, -0.2) is 4.39 Å². The van der Waals surface area contributed by atoms with E-state index >= 15 is 0 Å². The van der Waals surface area contributed by atoms with E-state index in [9.17, 15) is 9.18 Å². The molecule has 13 heavy (non-hydrogen) atoms. The molecule has 0 bridgehead atoms. The third-order valence-electron chi connectivity index (χ3n) is 1.68. The number of carboxylic acids is 1. The summed E-state index contributed by atoms with van der Waals surface area (Å²) in [7, 11) is 0. The molecule has 0 saturated carbocycles. The number of alkyl halides is 1. The predicted molar refractivity (Wildman–Crippen MR) is 44.9 cm³/mol. The summed E-state index contributed by atoms with van der Waals surface area (Å²) in [5, 5.41) is 8.44. The predicted octanol–water partition coefficient (Wildman–Crippen LogP) is 1.74. The third-order valence-corrected chi connectivity index (χ3v) is 1.68. The molecule has 0 amide bonds. The Morgan fingerprint density at radius 2 is 2.38 bits per heavy atom. The van der Waals surface area contributed by atoms with Crippen LogP contribution < -0.4 is 0 Å². The number of rotatable bonds is 3. The summed E-state index contributed by atoms with van der Waals surface area (Å²) < 4.78 is 13.6. The van der Waals surface area contributed by atoms with Crippen molar-refractivity contribution in [1.29, 1.82) is 0 Å². The number of aliphatic carboxylic acids is 1. The van der Waals surface area contributed by atoms with Crippen molar-refractivity contribution in [2.24, 2.45) is 0 Å². The Bertz CT molecular complexity index is 298. The first-order chi connectivity index (χ1) is 6.02. The van der Waals surface area contributed by atoms with Crippen LogP contribution in [0.4, 0.5) is 4.39 Å². The molecule has 1 aromatic heterocycles. The molecule has 1 N–H and O–H groups in total. The third kappa shape index (κ3) is 2.50. The Labute approximate surface area is 75.2 Å².